The highest BCUT2D eigenvalue weighted by Gasteiger charge is 2.26. The molecular weight excluding hydrogens is 366 g/mol. The topological polar surface area (TPSA) is 73.2 Å². The number of ether oxygens (including phenoxy) is 1. The number of halogens is 1. The van der Waals surface area contributed by atoms with Crippen LogP contribution in [0.1, 0.15) is 48.0 Å². The maximum absolute atomic E-state index is 12.5. The quantitative estimate of drug-likeness (QED) is 0.745. The average Bonchev–Trinajstić information content (AvgIpc) is 2.83. The van der Waals surface area contributed by atoms with Gasteiger partial charge in [-0.15, -0.1) is 0 Å². The minimum atomic E-state index is -0.970. The number of aryl methyl sites for hydroxylation is 3. The van der Waals surface area contributed by atoms with E-state index in [1.165, 1.54) is 6.92 Å². The van der Waals surface area contributed by atoms with Gasteiger partial charge in [-0.25, -0.2) is 4.79 Å². The number of carbonyl (C=O) groups excluding carboxylic acids is 2. The van der Waals surface area contributed by atoms with Crippen LogP contribution in [0.25, 0.3) is 0 Å². The molecule has 0 unspecified atom stereocenters. The molecule has 2 aromatic rings. The van der Waals surface area contributed by atoms with Crippen molar-refractivity contribution in [3.63, 3.8) is 0 Å². The highest BCUT2D eigenvalue weighted by atomic mass is 35.5. The molecular formula is C20H26ClN3O3. The van der Waals surface area contributed by atoms with E-state index < -0.39 is 18.0 Å². The molecule has 1 aromatic carbocycles. The summed E-state index contributed by atoms with van der Waals surface area (Å²) in [5.41, 5.74) is 3.41. The van der Waals surface area contributed by atoms with Crippen LogP contribution in [0.15, 0.2) is 18.2 Å². The molecule has 1 heterocycles. The van der Waals surface area contributed by atoms with Crippen molar-refractivity contribution in [2.45, 2.75) is 54.2 Å². The molecule has 1 N–H and O–H groups in total. The van der Waals surface area contributed by atoms with Crippen LogP contribution in [0.4, 0.5) is 5.69 Å². The number of amides is 1. The summed E-state index contributed by atoms with van der Waals surface area (Å²) in [7, 11) is 0. The Morgan fingerprint density at radius 1 is 1.22 bits per heavy atom. The van der Waals surface area contributed by atoms with Crippen molar-refractivity contribution in [2.75, 3.05) is 5.32 Å². The van der Waals surface area contributed by atoms with Gasteiger partial charge >= 0.3 is 5.97 Å². The first-order valence-corrected chi connectivity index (χ1v) is 9.30. The fourth-order valence-electron chi connectivity index (χ4n) is 2.71. The Kier molecular flexibility index (Phi) is 6.65. The average molecular weight is 392 g/mol. The highest BCUT2D eigenvalue weighted by Crippen LogP contribution is 2.23. The van der Waals surface area contributed by atoms with Gasteiger partial charge in [0.25, 0.3) is 5.91 Å². The van der Waals surface area contributed by atoms with Crippen molar-refractivity contribution in [3.05, 3.63) is 45.7 Å². The second-order valence-corrected chi connectivity index (χ2v) is 7.54. The molecule has 1 amide bonds. The van der Waals surface area contributed by atoms with E-state index in [9.17, 15) is 9.59 Å². The Morgan fingerprint density at radius 3 is 2.48 bits per heavy atom. The summed E-state index contributed by atoms with van der Waals surface area (Å²) in [5, 5.41) is 7.31. The summed E-state index contributed by atoms with van der Waals surface area (Å²) < 4.78 is 6.91. The van der Waals surface area contributed by atoms with Gasteiger partial charge in [0.05, 0.1) is 5.69 Å². The van der Waals surface area contributed by atoms with Gasteiger partial charge in [0, 0.05) is 12.2 Å². The number of rotatable bonds is 6. The van der Waals surface area contributed by atoms with Crippen molar-refractivity contribution < 1.29 is 14.3 Å². The first-order valence-electron chi connectivity index (χ1n) is 8.92. The Labute approximate surface area is 164 Å². The Morgan fingerprint density at radius 2 is 1.89 bits per heavy atom. The molecule has 1 atom stereocenters. The van der Waals surface area contributed by atoms with E-state index >= 15 is 0 Å². The maximum Gasteiger partial charge on any atom is 0.343 e. The summed E-state index contributed by atoms with van der Waals surface area (Å²) in [6, 6.07) is 5.71. The number of hydrogen-bond acceptors (Lipinski definition) is 4. The minimum Gasteiger partial charge on any atom is -0.449 e. The number of nitrogens with zero attached hydrogens (tertiary/aromatic N) is 2. The largest absolute Gasteiger partial charge is 0.449 e. The van der Waals surface area contributed by atoms with Crippen LogP contribution in [-0.4, -0.2) is 27.8 Å². The summed E-state index contributed by atoms with van der Waals surface area (Å²) in [6.07, 6.45) is -0.970. The molecule has 0 radical (unpaired) electrons. The molecule has 27 heavy (non-hydrogen) atoms. The number of carbonyl (C=O) groups is 2. The van der Waals surface area contributed by atoms with Crippen LogP contribution < -0.4 is 5.32 Å². The van der Waals surface area contributed by atoms with Gasteiger partial charge in [-0.05, 0) is 45.2 Å². The van der Waals surface area contributed by atoms with E-state index in [0.717, 1.165) is 11.1 Å². The van der Waals surface area contributed by atoms with E-state index in [4.69, 9.17) is 16.3 Å². The number of esters is 1. The van der Waals surface area contributed by atoms with E-state index in [1.807, 2.05) is 45.9 Å². The van der Waals surface area contributed by atoms with Gasteiger partial charge in [-0.1, -0.05) is 43.1 Å². The van der Waals surface area contributed by atoms with E-state index in [1.54, 1.807) is 11.6 Å². The molecule has 7 heteroatoms. The van der Waals surface area contributed by atoms with Crippen molar-refractivity contribution in [1.29, 1.82) is 0 Å². The Hall–Kier alpha value is -2.34. The van der Waals surface area contributed by atoms with Gasteiger partial charge in [0.15, 0.2) is 6.10 Å². The normalized spacial score (nSPS) is 12.1. The van der Waals surface area contributed by atoms with Crippen LogP contribution in [0.2, 0.25) is 5.15 Å². The smallest absolute Gasteiger partial charge is 0.343 e. The van der Waals surface area contributed by atoms with Crippen LogP contribution in [-0.2, 0) is 16.1 Å². The SMILES string of the molecule is Cc1ccc(NC(=O)[C@H](C)OC(=O)c2c(C)nn(CC(C)C)c2Cl)c(C)c1. The van der Waals surface area contributed by atoms with Crippen molar-refractivity contribution >= 4 is 29.2 Å². The summed E-state index contributed by atoms with van der Waals surface area (Å²) in [5.74, 6) is -0.734. The van der Waals surface area contributed by atoms with Crippen molar-refractivity contribution in [2.24, 2.45) is 5.92 Å². The molecule has 0 aliphatic carbocycles. The zero-order valence-corrected chi connectivity index (χ0v) is 17.3. The van der Waals surface area contributed by atoms with Gasteiger partial charge in [-0.2, -0.15) is 5.10 Å². The van der Waals surface area contributed by atoms with Gasteiger partial charge in [0.2, 0.25) is 0 Å². The van der Waals surface area contributed by atoms with Crippen LogP contribution >= 0.6 is 11.6 Å². The standard InChI is InChI=1S/C20H26ClN3O3/c1-11(2)10-24-18(21)17(14(5)23-24)20(26)27-15(6)19(25)22-16-8-7-12(3)9-13(16)4/h7-9,11,15H,10H2,1-6H3,(H,22,25)/t15-/m0/s1. The van der Waals surface area contributed by atoms with E-state index in [-0.39, 0.29) is 10.7 Å². The molecule has 0 aliphatic heterocycles. The number of hydrogen-bond donors (Lipinski definition) is 1. The summed E-state index contributed by atoms with van der Waals surface area (Å²) in [4.78, 5) is 24.9. The summed E-state index contributed by atoms with van der Waals surface area (Å²) >= 11 is 6.30. The van der Waals surface area contributed by atoms with Crippen molar-refractivity contribution in [1.82, 2.24) is 9.78 Å². The zero-order chi connectivity index (χ0) is 20.3. The predicted octanol–water partition coefficient (Wildman–Crippen LogP) is 4.30. The van der Waals surface area contributed by atoms with E-state index in [0.29, 0.717) is 23.8 Å². The monoisotopic (exact) mass is 391 g/mol. The first-order chi connectivity index (χ1) is 12.6. The van der Waals surface area contributed by atoms with Gasteiger partial charge in [-0.3, -0.25) is 9.48 Å². The summed E-state index contributed by atoms with van der Waals surface area (Å²) in [6.45, 7) is 11.8. The molecule has 0 saturated carbocycles. The number of nitrogens with one attached hydrogen (secondary N) is 1. The maximum atomic E-state index is 12.5. The second kappa shape index (κ2) is 8.57. The van der Waals surface area contributed by atoms with Crippen LogP contribution in [0.5, 0.6) is 0 Å². The third-order valence-corrected chi connectivity index (χ3v) is 4.48. The zero-order valence-electron chi connectivity index (χ0n) is 16.6. The van der Waals surface area contributed by atoms with Crippen molar-refractivity contribution in [3.8, 4) is 0 Å². The molecule has 1 aromatic heterocycles. The highest BCUT2D eigenvalue weighted by molar-refractivity contribution is 6.32. The molecule has 0 bridgehead atoms. The number of aromatic nitrogens is 2. The first kappa shape index (κ1) is 21.0. The van der Waals surface area contributed by atoms with Gasteiger partial charge in [0.1, 0.15) is 10.7 Å². The fraction of sp³-hybridized carbons (Fsp3) is 0.450. The molecule has 0 fully saturated rings. The van der Waals surface area contributed by atoms with Crippen LogP contribution in [0, 0.1) is 26.7 Å². The lowest BCUT2D eigenvalue weighted by molar-refractivity contribution is -0.123. The molecule has 6 nitrogen and oxygen atoms in total. The third kappa shape index (κ3) is 5.10. The minimum absolute atomic E-state index is 0.198. The van der Waals surface area contributed by atoms with E-state index in [2.05, 4.69) is 10.4 Å². The molecule has 0 saturated heterocycles. The van der Waals surface area contributed by atoms with Crippen LogP contribution in [0.3, 0.4) is 0 Å². The number of benzene rings is 1. The Bertz CT molecular complexity index is 858. The molecule has 0 aliphatic rings. The predicted molar refractivity (Wildman–Crippen MR) is 106 cm³/mol. The fourth-order valence-corrected chi connectivity index (χ4v) is 3.03. The third-order valence-electron chi connectivity index (χ3n) is 4.10. The lowest BCUT2D eigenvalue weighted by Gasteiger charge is -2.15. The molecule has 2 rings (SSSR count). The molecule has 0 spiro atoms. The lowest BCUT2D eigenvalue weighted by atomic mass is 10.1. The van der Waals surface area contributed by atoms with Gasteiger partial charge < -0.3 is 10.1 Å². The second-order valence-electron chi connectivity index (χ2n) is 7.18. The molecule has 146 valence electrons. The Balaban J connectivity index is 2.09. The lowest BCUT2D eigenvalue weighted by Crippen LogP contribution is -2.30. The number of anilines is 1.